The van der Waals surface area contributed by atoms with Crippen molar-refractivity contribution in [2.24, 2.45) is 0 Å². The Bertz CT molecular complexity index is 386. The quantitative estimate of drug-likeness (QED) is 0.467. The molecule has 20 heavy (non-hydrogen) atoms. The zero-order valence-corrected chi connectivity index (χ0v) is 12.2. The van der Waals surface area contributed by atoms with Crippen molar-refractivity contribution in [3.8, 4) is 6.07 Å². The molecular formula is C14H23N3O3. The van der Waals surface area contributed by atoms with E-state index < -0.39 is 11.9 Å². The standard InChI is InChI=1S/C14H23N3O3/c1-3-5-9-17(8-4-2)11-12(10-15)14(20)16-7-6-13(18)19/h11H,3-9H2,1-2H3,(H,16,20)(H,18,19)/b12-11-. The third kappa shape index (κ3) is 8.14. The Hall–Kier alpha value is -2.03. The van der Waals surface area contributed by atoms with E-state index in [1.807, 2.05) is 17.9 Å². The molecule has 0 radical (unpaired) electrons. The molecule has 0 saturated carbocycles. The van der Waals surface area contributed by atoms with E-state index in [9.17, 15) is 9.59 Å². The highest BCUT2D eigenvalue weighted by molar-refractivity contribution is 5.97. The Morgan fingerprint density at radius 1 is 1.30 bits per heavy atom. The number of nitrogens with zero attached hydrogens (tertiary/aromatic N) is 2. The smallest absolute Gasteiger partial charge is 0.305 e. The van der Waals surface area contributed by atoms with Crippen LogP contribution < -0.4 is 5.32 Å². The van der Waals surface area contributed by atoms with Gasteiger partial charge in [0.15, 0.2) is 0 Å². The summed E-state index contributed by atoms with van der Waals surface area (Å²) in [7, 11) is 0. The fourth-order valence-corrected chi connectivity index (χ4v) is 1.59. The van der Waals surface area contributed by atoms with Crippen LogP contribution in [0.15, 0.2) is 11.8 Å². The summed E-state index contributed by atoms with van der Waals surface area (Å²) in [4.78, 5) is 24.1. The van der Waals surface area contributed by atoms with Crippen LogP contribution in [0.4, 0.5) is 0 Å². The number of unbranched alkanes of at least 4 members (excludes halogenated alkanes) is 1. The number of amides is 1. The third-order valence-electron chi connectivity index (χ3n) is 2.61. The lowest BCUT2D eigenvalue weighted by Crippen LogP contribution is -2.29. The summed E-state index contributed by atoms with van der Waals surface area (Å²) in [5.74, 6) is -1.50. The van der Waals surface area contributed by atoms with Crippen LogP contribution in [0.2, 0.25) is 0 Å². The van der Waals surface area contributed by atoms with Crippen LogP contribution in [0.25, 0.3) is 0 Å². The predicted molar refractivity (Wildman–Crippen MR) is 75.7 cm³/mol. The van der Waals surface area contributed by atoms with Crippen molar-refractivity contribution in [2.45, 2.75) is 39.5 Å². The molecule has 0 aliphatic heterocycles. The van der Waals surface area contributed by atoms with Crippen LogP contribution in [0.1, 0.15) is 39.5 Å². The minimum Gasteiger partial charge on any atom is -0.481 e. The number of rotatable bonds is 10. The van der Waals surface area contributed by atoms with Gasteiger partial charge >= 0.3 is 5.97 Å². The van der Waals surface area contributed by atoms with Gasteiger partial charge in [-0.2, -0.15) is 5.26 Å². The van der Waals surface area contributed by atoms with Crippen LogP contribution in [-0.4, -0.2) is 41.5 Å². The van der Waals surface area contributed by atoms with E-state index in [1.54, 1.807) is 6.20 Å². The van der Waals surface area contributed by atoms with Gasteiger partial charge in [-0.3, -0.25) is 9.59 Å². The van der Waals surface area contributed by atoms with E-state index in [-0.39, 0.29) is 18.5 Å². The van der Waals surface area contributed by atoms with E-state index in [1.165, 1.54) is 0 Å². The van der Waals surface area contributed by atoms with E-state index in [4.69, 9.17) is 10.4 Å². The molecule has 2 N–H and O–H groups in total. The maximum Gasteiger partial charge on any atom is 0.305 e. The normalized spacial score (nSPS) is 10.8. The summed E-state index contributed by atoms with van der Waals surface area (Å²) in [6.07, 6.45) is 4.38. The lowest BCUT2D eigenvalue weighted by atomic mass is 10.2. The fourth-order valence-electron chi connectivity index (χ4n) is 1.59. The molecule has 0 heterocycles. The molecule has 0 aliphatic carbocycles. The first kappa shape index (κ1) is 18.0. The first-order chi connectivity index (χ1) is 9.54. The number of aliphatic carboxylic acids is 1. The number of carbonyl (C=O) groups is 2. The summed E-state index contributed by atoms with van der Waals surface area (Å²) in [6.45, 7) is 5.73. The highest BCUT2D eigenvalue weighted by Crippen LogP contribution is 2.02. The predicted octanol–water partition coefficient (Wildman–Crippen LogP) is 1.50. The van der Waals surface area contributed by atoms with Crippen molar-refractivity contribution < 1.29 is 14.7 Å². The van der Waals surface area contributed by atoms with E-state index in [2.05, 4.69) is 12.2 Å². The first-order valence-corrected chi connectivity index (χ1v) is 6.91. The molecule has 0 saturated heterocycles. The second-order valence-corrected chi connectivity index (χ2v) is 4.44. The van der Waals surface area contributed by atoms with Gasteiger partial charge < -0.3 is 15.3 Å². The van der Waals surface area contributed by atoms with Gasteiger partial charge in [0, 0.05) is 25.8 Å². The maximum atomic E-state index is 11.7. The number of hydrogen-bond donors (Lipinski definition) is 2. The van der Waals surface area contributed by atoms with Crippen molar-refractivity contribution in [1.82, 2.24) is 10.2 Å². The summed E-state index contributed by atoms with van der Waals surface area (Å²) >= 11 is 0. The number of carboxylic acids is 1. The van der Waals surface area contributed by atoms with Gasteiger partial charge in [-0.15, -0.1) is 0 Å². The number of nitrogens with one attached hydrogen (secondary N) is 1. The molecule has 6 nitrogen and oxygen atoms in total. The third-order valence-corrected chi connectivity index (χ3v) is 2.61. The largest absolute Gasteiger partial charge is 0.481 e. The molecule has 6 heteroatoms. The van der Waals surface area contributed by atoms with Gasteiger partial charge in [-0.1, -0.05) is 20.3 Å². The monoisotopic (exact) mass is 281 g/mol. The summed E-state index contributed by atoms with van der Waals surface area (Å²) in [6, 6.07) is 1.87. The summed E-state index contributed by atoms with van der Waals surface area (Å²) in [5, 5.41) is 20.0. The Morgan fingerprint density at radius 2 is 2.00 bits per heavy atom. The molecule has 0 aromatic rings. The number of nitriles is 1. The number of hydrogen-bond acceptors (Lipinski definition) is 4. The Labute approximate surface area is 120 Å². The van der Waals surface area contributed by atoms with Crippen LogP contribution in [0, 0.1) is 11.3 Å². The van der Waals surface area contributed by atoms with Crippen LogP contribution >= 0.6 is 0 Å². The second kappa shape index (κ2) is 10.9. The highest BCUT2D eigenvalue weighted by atomic mass is 16.4. The van der Waals surface area contributed by atoms with Gasteiger partial charge in [-0.25, -0.2) is 0 Å². The summed E-state index contributed by atoms with van der Waals surface area (Å²) in [5.41, 5.74) is 0.0138. The Balaban J connectivity index is 4.58. The average molecular weight is 281 g/mol. The molecule has 0 spiro atoms. The van der Waals surface area contributed by atoms with Crippen LogP contribution in [-0.2, 0) is 9.59 Å². The first-order valence-electron chi connectivity index (χ1n) is 6.91. The molecular weight excluding hydrogens is 258 g/mol. The second-order valence-electron chi connectivity index (χ2n) is 4.44. The molecule has 0 atom stereocenters. The van der Waals surface area contributed by atoms with Gasteiger partial charge in [0.1, 0.15) is 11.6 Å². The van der Waals surface area contributed by atoms with Gasteiger partial charge in [-0.05, 0) is 12.8 Å². The van der Waals surface area contributed by atoms with E-state index in [0.29, 0.717) is 0 Å². The van der Waals surface area contributed by atoms with Crippen molar-refractivity contribution in [3.05, 3.63) is 11.8 Å². The topological polar surface area (TPSA) is 93.4 Å². The molecule has 0 aliphatic rings. The Kier molecular flexibility index (Phi) is 9.75. The van der Waals surface area contributed by atoms with Crippen molar-refractivity contribution >= 4 is 11.9 Å². The molecule has 0 aromatic heterocycles. The van der Waals surface area contributed by atoms with Gasteiger partial charge in [0.25, 0.3) is 5.91 Å². The molecule has 112 valence electrons. The van der Waals surface area contributed by atoms with Crippen molar-refractivity contribution in [3.63, 3.8) is 0 Å². The molecule has 0 bridgehead atoms. The SMILES string of the molecule is CCCCN(/C=C(/C#N)C(=O)NCCC(=O)O)CCC. The lowest BCUT2D eigenvalue weighted by Gasteiger charge is -2.19. The number of carbonyl (C=O) groups excluding carboxylic acids is 1. The lowest BCUT2D eigenvalue weighted by molar-refractivity contribution is -0.136. The van der Waals surface area contributed by atoms with E-state index in [0.717, 1.165) is 32.4 Å². The van der Waals surface area contributed by atoms with Crippen LogP contribution in [0.3, 0.4) is 0 Å². The van der Waals surface area contributed by atoms with Crippen molar-refractivity contribution in [2.75, 3.05) is 19.6 Å². The van der Waals surface area contributed by atoms with E-state index >= 15 is 0 Å². The minimum absolute atomic E-state index is 0.0138. The fraction of sp³-hybridized carbons (Fsp3) is 0.643. The zero-order chi connectivity index (χ0) is 15.4. The molecule has 0 aromatic carbocycles. The van der Waals surface area contributed by atoms with Crippen molar-refractivity contribution in [1.29, 1.82) is 5.26 Å². The maximum absolute atomic E-state index is 11.7. The molecule has 0 fully saturated rings. The van der Waals surface area contributed by atoms with Gasteiger partial charge in [0.2, 0.25) is 0 Å². The average Bonchev–Trinajstić information content (AvgIpc) is 2.41. The number of carboxylic acid groups (broad SMARTS) is 1. The Morgan fingerprint density at radius 3 is 2.50 bits per heavy atom. The van der Waals surface area contributed by atoms with Crippen LogP contribution in [0.5, 0.6) is 0 Å². The summed E-state index contributed by atoms with van der Waals surface area (Å²) < 4.78 is 0. The molecule has 0 rings (SSSR count). The minimum atomic E-state index is -0.983. The van der Waals surface area contributed by atoms with Gasteiger partial charge in [0.05, 0.1) is 6.42 Å². The molecule has 0 unspecified atom stereocenters. The zero-order valence-electron chi connectivity index (χ0n) is 12.2. The highest BCUT2D eigenvalue weighted by Gasteiger charge is 2.11. The molecule has 1 amide bonds.